The number of rotatable bonds is 1. The molecule has 3 N–H and O–H groups in total. The summed E-state index contributed by atoms with van der Waals surface area (Å²) < 4.78 is 21.1. The molecule has 0 aromatic carbocycles. The van der Waals surface area contributed by atoms with Gasteiger partial charge in [-0.2, -0.15) is 0 Å². The fourth-order valence-electron chi connectivity index (χ4n) is 0.515. The molecule has 1 aromatic heterocycles. The van der Waals surface area contributed by atoms with E-state index in [1.54, 1.807) is 20.8 Å². The van der Waals surface area contributed by atoms with Crippen molar-refractivity contribution in [3.63, 3.8) is 0 Å². The molecule has 96 valence electrons. The van der Waals surface area contributed by atoms with Crippen molar-refractivity contribution in [2.75, 3.05) is 0 Å². The number of hydrogen-bond acceptors (Lipinski definition) is 4. The first kappa shape index (κ1) is 15.5. The lowest BCUT2D eigenvalue weighted by atomic mass is 9.98. The molecule has 1 aromatic rings. The summed E-state index contributed by atoms with van der Waals surface area (Å²) >= 11 is 0. The van der Waals surface area contributed by atoms with E-state index in [4.69, 9.17) is 10.2 Å². The number of pyridine rings is 1. The lowest BCUT2D eigenvalue weighted by molar-refractivity contribution is -0.145. The number of nitrogens with zero attached hydrogens (tertiary/aromatic N) is 1. The maximum Gasteiger partial charge on any atom is 0.308 e. The summed E-state index contributed by atoms with van der Waals surface area (Å²) in [5.41, 5.74) is -0.583. The summed E-state index contributed by atoms with van der Waals surface area (Å²) in [6.45, 7) is 4.99. The molecule has 0 aliphatic heterocycles. The molecule has 0 spiro atoms. The second kappa shape index (κ2) is 5.74. The molecule has 0 saturated heterocycles. The molecule has 6 nitrogen and oxygen atoms in total. The van der Waals surface area contributed by atoms with Gasteiger partial charge in [-0.1, -0.05) is 0 Å². The van der Waals surface area contributed by atoms with Crippen LogP contribution in [0.25, 0.3) is 0 Å². The number of aromatic nitrogens is 1. The van der Waals surface area contributed by atoms with E-state index in [9.17, 15) is 13.2 Å². The summed E-state index contributed by atoms with van der Waals surface area (Å²) in [5.74, 6) is -0.757. The van der Waals surface area contributed by atoms with Gasteiger partial charge in [0.1, 0.15) is 4.90 Å². The molecule has 0 atom stereocenters. The van der Waals surface area contributed by atoms with Gasteiger partial charge in [0.25, 0.3) is 0 Å². The molecular formula is C10H16N2O4S. The fourth-order valence-corrected chi connectivity index (χ4v) is 0.991. The maximum absolute atomic E-state index is 10.6. The van der Waals surface area contributed by atoms with Crippen LogP contribution in [0.4, 0.5) is 0 Å². The quantitative estimate of drug-likeness (QED) is 0.777. The zero-order chi connectivity index (χ0) is 13.7. The molecule has 7 heteroatoms. The second-order valence-corrected chi connectivity index (χ2v) is 5.85. The summed E-state index contributed by atoms with van der Waals surface area (Å²) in [7, 11) is -3.57. The molecule has 0 radical (unpaired) electrons. The van der Waals surface area contributed by atoms with Gasteiger partial charge in [0.2, 0.25) is 10.0 Å². The van der Waals surface area contributed by atoms with Crippen molar-refractivity contribution in [1.29, 1.82) is 0 Å². The van der Waals surface area contributed by atoms with E-state index in [-0.39, 0.29) is 4.90 Å². The zero-order valence-corrected chi connectivity index (χ0v) is 10.7. The Morgan fingerprint density at radius 2 is 1.88 bits per heavy atom. The molecule has 0 amide bonds. The van der Waals surface area contributed by atoms with Gasteiger partial charge in [-0.3, -0.25) is 9.78 Å². The number of carboxylic acids is 1. The fraction of sp³-hybridized carbons (Fsp3) is 0.400. The third kappa shape index (κ3) is 6.64. The van der Waals surface area contributed by atoms with Crippen LogP contribution in [0, 0.1) is 5.41 Å². The van der Waals surface area contributed by atoms with Crippen LogP contribution >= 0.6 is 0 Å². The zero-order valence-electron chi connectivity index (χ0n) is 9.91. The topological polar surface area (TPSA) is 110 Å². The average molecular weight is 260 g/mol. The third-order valence-electron chi connectivity index (χ3n) is 1.60. The highest BCUT2D eigenvalue weighted by molar-refractivity contribution is 7.89. The molecule has 17 heavy (non-hydrogen) atoms. The van der Waals surface area contributed by atoms with Crippen molar-refractivity contribution < 1.29 is 18.3 Å². The van der Waals surface area contributed by atoms with Gasteiger partial charge in [-0.15, -0.1) is 0 Å². The van der Waals surface area contributed by atoms with E-state index in [1.807, 2.05) is 0 Å². The Bertz CT molecular complexity index is 463. The highest BCUT2D eigenvalue weighted by Crippen LogP contribution is 2.11. The van der Waals surface area contributed by atoms with Gasteiger partial charge in [0, 0.05) is 12.4 Å². The summed E-state index contributed by atoms with van der Waals surface area (Å²) in [4.78, 5) is 13.6. The standard InChI is InChI=1S/C5H6N2O2S.C5H10O2/c6-10(8,9)5-2-1-3-7-4-5;1-5(2,3)4(6)7/h1-4H,(H2,6,8,9);1-3H3,(H,6,7). The number of carboxylic acid groups (broad SMARTS) is 1. The van der Waals surface area contributed by atoms with Crippen LogP contribution in [0.2, 0.25) is 0 Å². The van der Waals surface area contributed by atoms with Crippen LogP contribution in [-0.4, -0.2) is 24.5 Å². The number of sulfonamides is 1. The number of carbonyl (C=O) groups is 1. The predicted molar refractivity (Wildman–Crippen MR) is 62.7 cm³/mol. The lowest BCUT2D eigenvalue weighted by Crippen LogP contribution is -2.18. The minimum absolute atomic E-state index is 0.0370. The summed E-state index contributed by atoms with van der Waals surface area (Å²) in [6, 6.07) is 2.90. The molecule has 0 aliphatic rings. The molecule has 1 rings (SSSR count). The van der Waals surface area contributed by atoms with Crippen molar-refractivity contribution in [3.8, 4) is 0 Å². The molecule has 1 heterocycles. The first-order valence-electron chi connectivity index (χ1n) is 4.71. The summed E-state index contributed by atoms with van der Waals surface area (Å²) in [6.07, 6.45) is 2.68. The molecule has 0 fully saturated rings. The third-order valence-corrected chi connectivity index (χ3v) is 2.50. The van der Waals surface area contributed by atoms with Crippen molar-refractivity contribution in [1.82, 2.24) is 4.98 Å². The lowest BCUT2D eigenvalue weighted by Gasteiger charge is -2.08. The van der Waals surface area contributed by atoms with Gasteiger partial charge >= 0.3 is 5.97 Å². The second-order valence-electron chi connectivity index (χ2n) is 4.29. The van der Waals surface area contributed by atoms with E-state index in [1.165, 1.54) is 24.5 Å². The molecule has 0 unspecified atom stereocenters. The van der Waals surface area contributed by atoms with E-state index >= 15 is 0 Å². The number of aliphatic carboxylic acids is 1. The van der Waals surface area contributed by atoms with Crippen LogP contribution in [-0.2, 0) is 14.8 Å². The van der Waals surface area contributed by atoms with Crippen molar-refractivity contribution >= 4 is 16.0 Å². The van der Waals surface area contributed by atoms with Crippen LogP contribution < -0.4 is 5.14 Å². The van der Waals surface area contributed by atoms with Gasteiger partial charge in [0.15, 0.2) is 0 Å². The van der Waals surface area contributed by atoms with Crippen LogP contribution in [0.3, 0.4) is 0 Å². The smallest absolute Gasteiger partial charge is 0.308 e. The molecular weight excluding hydrogens is 244 g/mol. The Morgan fingerprint density at radius 3 is 2.06 bits per heavy atom. The van der Waals surface area contributed by atoms with Crippen LogP contribution in [0.1, 0.15) is 20.8 Å². The highest BCUT2D eigenvalue weighted by Gasteiger charge is 2.18. The molecule has 0 bridgehead atoms. The van der Waals surface area contributed by atoms with E-state index in [0.29, 0.717) is 0 Å². The Balaban J connectivity index is 0.000000325. The maximum atomic E-state index is 10.6. The summed E-state index contributed by atoms with van der Waals surface area (Å²) in [5, 5.41) is 13.0. The largest absolute Gasteiger partial charge is 0.481 e. The first-order chi connectivity index (χ1) is 7.55. The normalized spacial score (nSPS) is 11.3. The van der Waals surface area contributed by atoms with Gasteiger partial charge in [-0.25, -0.2) is 13.6 Å². The Morgan fingerprint density at radius 1 is 1.41 bits per heavy atom. The monoisotopic (exact) mass is 260 g/mol. The average Bonchev–Trinajstić information content (AvgIpc) is 2.17. The van der Waals surface area contributed by atoms with E-state index in [2.05, 4.69) is 4.98 Å². The van der Waals surface area contributed by atoms with E-state index < -0.39 is 21.4 Å². The Hall–Kier alpha value is -1.47. The Kier molecular flexibility index (Phi) is 5.24. The van der Waals surface area contributed by atoms with Gasteiger partial charge < -0.3 is 5.11 Å². The van der Waals surface area contributed by atoms with Gasteiger partial charge in [-0.05, 0) is 32.9 Å². The minimum atomic E-state index is -3.57. The highest BCUT2D eigenvalue weighted by atomic mass is 32.2. The predicted octanol–water partition coefficient (Wildman–Crippen LogP) is 0.846. The number of hydrogen-bond donors (Lipinski definition) is 2. The first-order valence-corrected chi connectivity index (χ1v) is 6.26. The van der Waals surface area contributed by atoms with Gasteiger partial charge in [0.05, 0.1) is 5.41 Å². The van der Waals surface area contributed by atoms with Crippen LogP contribution in [0.15, 0.2) is 29.4 Å². The molecule has 0 saturated carbocycles. The minimum Gasteiger partial charge on any atom is -0.481 e. The van der Waals surface area contributed by atoms with Crippen molar-refractivity contribution in [2.24, 2.45) is 10.6 Å². The number of primary sulfonamides is 1. The van der Waals surface area contributed by atoms with Crippen molar-refractivity contribution in [3.05, 3.63) is 24.5 Å². The van der Waals surface area contributed by atoms with Crippen LogP contribution in [0.5, 0.6) is 0 Å². The SMILES string of the molecule is CC(C)(C)C(=O)O.NS(=O)(=O)c1cccnc1. The van der Waals surface area contributed by atoms with E-state index in [0.717, 1.165) is 0 Å². The Labute approximate surface area is 101 Å². The van der Waals surface area contributed by atoms with Crippen molar-refractivity contribution in [2.45, 2.75) is 25.7 Å². The molecule has 0 aliphatic carbocycles. The number of nitrogens with two attached hydrogens (primary N) is 1.